The van der Waals surface area contributed by atoms with Gasteiger partial charge in [-0.1, -0.05) is 65.2 Å². The number of carbonyl (C=O) groups excluding carboxylic acids is 2. The lowest BCUT2D eigenvalue weighted by Gasteiger charge is -2.15. The van der Waals surface area contributed by atoms with Crippen molar-refractivity contribution in [2.75, 3.05) is 19.8 Å². The lowest BCUT2D eigenvalue weighted by Crippen LogP contribution is -2.32. The van der Waals surface area contributed by atoms with Gasteiger partial charge in [0.15, 0.2) is 11.5 Å². The average molecular weight is 558 g/mol. The zero-order valence-electron chi connectivity index (χ0n) is 20.3. The minimum absolute atomic E-state index is 0.101. The predicted octanol–water partition coefficient (Wildman–Crippen LogP) is 7.39. The molecule has 0 saturated carbocycles. The molecule has 0 aliphatic carbocycles. The van der Waals surface area contributed by atoms with E-state index in [-0.39, 0.29) is 23.3 Å². The third-order valence-electron chi connectivity index (χ3n) is 5.42. The van der Waals surface area contributed by atoms with Gasteiger partial charge in [0.05, 0.1) is 28.1 Å². The fraction of sp³-hybridized carbons (Fsp3) is 0.214. The number of hydrogen-bond donors (Lipinski definition) is 0. The molecule has 6 nitrogen and oxygen atoms in total. The second-order valence-corrected chi connectivity index (χ2v) is 9.96. The summed E-state index contributed by atoms with van der Waals surface area (Å²) in [5, 5.41) is 0.440. The van der Waals surface area contributed by atoms with E-state index in [9.17, 15) is 9.59 Å². The highest BCUT2D eigenvalue weighted by molar-refractivity contribution is 8.18. The lowest BCUT2D eigenvalue weighted by molar-refractivity contribution is -0.123. The number of carbonyl (C=O) groups is 2. The van der Waals surface area contributed by atoms with Gasteiger partial charge in [-0.3, -0.25) is 14.5 Å². The molecule has 0 radical (unpaired) electrons. The maximum atomic E-state index is 12.9. The topological polar surface area (TPSA) is 65.1 Å². The molecule has 3 aromatic carbocycles. The number of hydrogen-bond acceptors (Lipinski definition) is 6. The molecular formula is C28H25Cl2NO5S. The van der Waals surface area contributed by atoms with Crippen molar-refractivity contribution in [1.29, 1.82) is 0 Å². The van der Waals surface area contributed by atoms with Crippen molar-refractivity contribution in [2.45, 2.75) is 20.5 Å². The molecule has 2 amide bonds. The molecule has 1 saturated heterocycles. The number of amides is 2. The first-order valence-corrected chi connectivity index (χ1v) is 13.2. The minimum Gasteiger partial charge on any atom is -0.490 e. The molecule has 192 valence electrons. The summed E-state index contributed by atoms with van der Waals surface area (Å²) in [7, 11) is 0. The van der Waals surface area contributed by atoms with Crippen LogP contribution < -0.4 is 14.2 Å². The van der Waals surface area contributed by atoms with E-state index in [1.54, 1.807) is 42.5 Å². The molecule has 4 rings (SSSR count). The lowest BCUT2D eigenvalue weighted by atomic mass is 10.1. The predicted molar refractivity (Wildman–Crippen MR) is 148 cm³/mol. The van der Waals surface area contributed by atoms with Gasteiger partial charge in [0, 0.05) is 0 Å². The van der Waals surface area contributed by atoms with Gasteiger partial charge in [-0.2, -0.15) is 0 Å². The summed E-state index contributed by atoms with van der Waals surface area (Å²) in [4.78, 5) is 26.9. The third kappa shape index (κ3) is 6.80. The Morgan fingerprint density at radius 2 is 1.68 bits per heavy atom. The van der Waals surface area contributed by atoms with Gasteiger partial charge in [0.2, 0.25) is 0 Å². The molecular weight excluding hydrogens is 533 g/mol. The monoisotopic (exact) mass is 557 g/mol. The molecule has 1 fully saturated rings. The molecule has 9 heteroatoms. The first-order valence-electron chi connectivity index (χ1n) is 11.6. The van der Waals surface area contributed by atoms with E-state index in [4.69, 9.17) is 37.4 Å². The van der Waals surface area contributed by atoms with Crippen LogP contribution in [0.5, 0.6) is 17.2 Å². The van der Waals surface area contributed by atoms with Crippen LogP contribution in [0.25, 0.3) is 6.08 Å². The van der Waals surface area contributed by atoms with Crippen molar-refractivity contribution in [2.24, 2.45) is 0 Å². The van der Waals surface area contributed by atoms with Crippen molar-refractivity contribution in [1.82, 2.24) is 4.90 Å². The number of ether oxygens (including phenoxy) is 3. The number of imide groups is 1. The van der Waals surface area contributed by atoms with Crippen molar-refractivity contribution >= 4 is 52.2 Å². The second-order valence-electron chi connectivity index (χ2n) is 8.15. The Kier molecular flexibility index (Phi) is 9.03. The summed E-state index contributed by atoms with van der Waals surface area (Å²) in [6.07, 6.45) is 1.62. The van der Waals surface area contributed by atoms with Crippen LogP contribution in [0.2, 0.25) is 10.0 Å². The average Bonchev–Trinajstić information content (AvgIpc) is 3.13. The van der Waals surface area contributed by atoms with E-state index in [1.165, 1.54) is 5.56 Å². The largest absolute Gasteiger partial charge is 0.490 e. The SMILES string of the molecule is CCOc1cc(/C=C2\SC(=O)N(CCOc3ccccc3Cl)C2=O)cc(Cl)c1OCc1ccc(C)cc1. The van der Waals surface area contributed by atoms with Crippen LogP contribution in [0, 0.1) is 6.92 Å². The minimum atomic E-state index is -0.397. The van der Waals surface area contributed by atoms with Gasteiger partial charge in [0.25, 0.3) is 11.1 Å². The summed E-state index contributed by atoms with van der Waals surface area (Å²) < 4.78 is 17.4. The van der Waals surface area contributed by atoms with Crippen molar-refractivity contribution in [3.8, 4) is 17.2 Å². The Bertz CT molecular complexity index is 1330. The van der Waals surface area contributed by atoms with E-state index in [0.717, 1.165) is 22.2 Å². The summed E-state index contributed by atoms with van der Waals surface area (Å²) in [6.45, 7) is 4.85. The van der Waals surface area contributed by atoms with Crippen molar-refractivity contribution in [3.05, 3.63) is 92.3 Å². The summed E-state index contributed by atoms with van der Waals surface area (Å²) >= 11 is 13.5. The van der Waals surface area contributed by atoms with Crippen LogP contribution in [0.1, 0.15) is 23.6 Å². The van der Waals surface area contributed by atoms with E-state index < -0.39 is 5.91 Å². The molecule has 1 heterocycles. The maximum absolute atomic E-state index is 12.9. The molecule has 0 atom stereocenters. The molecule has 1 aliphatic rings. The van der Waals surface area contributed by atoms with E-state index in [1.807, 2.05) is 38.1 Å². The number of aryl methyl sites for hydroxylation is 1. The highest BCUT2D eigenvalue weighted by Gasteiger charge is 2.35. The Labute approximate surface area is 230 Å². The summed E-state index contributed by atoms with van der Waals surface area (Å²) in [6, 6.07) is 18.5. The van der Waals surface area contributed by atoms with Gasteiger partial charge in [-0.15, -0.1) is 0 Å². The molecule has 0 unspecified atom stereocenters. The van der Waals surface area contributed by atoms with Crippen LogP contribution in [-0.2, 0) is 11.4 Å². The quantitative estimate of drug-likeness (QED) is 0.242. The van der Waals surface area contributed by atoms with Crippen LogP contribution in [0.4, 0.5) is 4.79 Å². The smallest absolute Gasteiger partial charge is 0.293 e. The zero-order valence-corrected chi connectivity index (χ0v) is 22.7. The number of nitrogens with zero attached hydrogens (tertiary/aromatic N) is 1. The fourth-order valence-electron chi connectivity index (χ4n) is 3.57. The summed E-state index contributed by atoms with van der Waals surface area (Å²) in [5.41, 5.74) is 2.79. The molecule has 0 N–H and O–H groups in total. The first kappa shape index (κ1) is 26.9. The standard InChI is InChI=1S/C28H25Cl2NO5S/c1-3-34-24-15-20(14-22(30)26(24)36-17-19-10-8-18(2)9-11-19)16-25-27(32)31(28(33)37-25)12-13-35-23-7-5-4-6-21(23)29/h4-11,14-16H,3,12-13,17H2,1-2H3/b25-16-. The maximum Gasteiger partial charge on any atom is 0.293 e. The Hall–Kier alpha value is -3.13. The highest BCUT2D eigenvalue weighted by Crippen LogP contribution is 2.39. The van der Waals surface area contributed by atoms with Gasteiger partial charge in [-0.05, 0) is 67.1 Å². The third-order valence-corrected chi connectivity index (χ3v) is 6.92. The summed E-state index contributed by atoms with van der Waals surface area (Å²) in [5.74, 6) is 0.979. The fourth-order valence-corrected chi connectivity index (χ4v) is 4.90. The normalized spacial score (nSPS) is 14.4. The Morgan fingerprint density at radius 1 is 0.919 bits per heavy atom. The van der Waals surface area contributed by atoms with Gasteiger partial charge >= 0.3 is 0 Å². The van der Waals surface area contributed by atoms with Crippen LogP contribution in [0.3, 0.4) is 0 Å². The first-order chi connectivity index (χ1) is 17.9. The number of para-hydroxylation sites is 1. The molecule has 0 aromatic heterocycles. The molecule has 1 aliphatic heterocycles. The number of rotatable bonds is 10. The van der Waals surface area contributed by atoms with Crippen LogP contribution >= 0.6 is 35.0 Å². The Morgan fingerprint density at radius 3 is 2.41 bits per heavy atom. The highest BCUT2D eigenvalue weighted by atomic mass is 35.5. The number of thioether (sulfide) groups is 1. The molecule has 37 heavy (non-hydrogen) atoms. The van der Waals surface area contributed by atoms with E-state index >= 15 is 0 Å². The number of benzene rings is 3. The van der Waals surface area contributed by atoms with Crippen LogP contribution in [-0.4, -0.2) is 35.8 Å². The van der Waals surface area contributed by atoms with Crippen molar-refractivity contribution < 1.29 is 23.8 Å². The van der Waals surface area contributed by atoms with E-state index in [2.05, 4.69) is 0 Å². The van der Waals surface area contributed by atoms with Crippen LogP contribution in [0.15, 0.2) is 65.6 Å². The molecule has 0 spiro atoms. The van der Waals surface area contributed by atoms with Crippen molar-refractivity contribution in [3.63, 3.8) is 0 Å². The second kappa shape index (κ2) is 12.4. The van der Waals surface area contributed by atoms with Gasteiger partial charge < -0.3 is 14.2 Å². The zero-order chi connectivity index (χ0) is 26.4. The van der Waals surface area contributed by atoms with Gasteiger partial charge in [-0.25, -0.2) is 0 Å². The van der Waals surface area contributed by atoms with Gasteiger partial charge in [0.1, 0.15) is 19.0 Å². The molecule has 0 bridgehead atoms. The molecule has 3 aromatic rings. The Balaban J connectivity index is 1.46. The van der Waals surface area contributed by atoms with E-state index in [0.29, 0.717) is 46.1 Å². The number of halogens is 2.